The average Bonchev–Trinajstić information content (AvgIpc) is 2.75. The van der Waals surface area contributed by atoms with Crippen molar-refractivity contribution in [3.63, 3.8) is 0 Å². The largest absolute Gasteiger partial charge is 0.369 e. The molecule has 29 heavy (non-hydrogen) atoms. The zero-order valence-corrected chi connectivity index (χ0v) is 17.1. The standard InChI is InChI=1S/C22H25N3O3S/c23-14-4-5-16-29(27,28)21-12-10-18(11-13-21)22(26)24-19-7-6-15-25(17-19)20-8-2-1-3-9-20/h1-3,8-13,19H,4-7,15-17H2,(H,24,26). The van der Waals surface area contributed by atoms with E-state index in [0.29, 0.717) is 12.0 Å². The third-order valence-corrected chi connectivity index (χ3v) is 6.87. The van der Waals surface area contributed by atoms with Gasteiger partial charge in [0.05, 0.1) is 16.7 Å². The lowest BCUT2D eigenvalue weighted by atomic mass is 10.0. The average molecular weight is 412 g/mol. The lowest BCUT2D eigenvalue weighted by molar-refractivity contribution is 0.0933. The van der Waals surface area contributed by atoms with Crippen molar-refractivity contribution in [1.29, 1.82) is 5.26 Å². The number of sulfone groups is 1. The highest BCUT2D eigenvalue weighted by Gasteiger charge is 2.22. The van der Waals surface area contributed by atoms with E-state index < -0.39 is 9.84 Å². The Morgan fingerprint density at radius 1 is 1.14 bits per heavy atom. The van der Waals surface area contributed by atoms with Crippen LogP contribution in [0.5, 0.6) is 0 Å². The van der Waals surface area contributed by atoms with Gasteiger partial charge in [0.2, 0.25) is 0 Å². The molecule has 0 spiro atoms. The summed E-state index contributed by atoms with van der Waals surface area (Å²) in [5, 5.41) is 11.6. The Labute approximate surface area is 172 Å². The van der Waals surface area contributed by atoms with Gasteiger partial charge >= 0.3 is 0 Å². The fourth-order valence-corrected chi connectivity index (χ4v) is 4.82. The number of para-hydroxylation sites is 1. The van der Waals surface area contributed by atoms with Gasteiger partial charge in [0.15, 0.2) is 9.84 Å². The maximum absolute atomic E-state index is 12.6. The Kier molecular flexibility index (Phi) is 6.89. The van der Waals surface area contributed by atoms with Gasteiger partial charge in [0.25, 0.3) is 5.91 Å². The number of carbonyl (C=O) groups is 1. The third-order valence-electron chi connectivity index (χ3n) is 5.06. The summed E-state index contributed by atoms with van der Waals surface area (Å²) in [5.74, 6) is -0.262. The number of piperidine rings is 1. The van der Waals surface area contributed by atoms with Crippen molar-refractivity contribution in [1.82, 2.24) is 5.32 Å². The van der Waals surface area contributed by atoms with Crippen molar-refractivity contribution in [3.8, 4) is 6.07 Å². The highest BCUT2D eigenvalue weighted by molar-refractivity contribution is 7.91. The Morgan fingerprint density at radius 2 is 1.86 bits per heavy atom. The van der Waals surface area contributed by atoms with E-state index in [2.05, 4.69) is 22.3 Å². The molecular weight excluding hydrogens is 386 g/mol. The minimum atomic E-state index is -3.43. The number of nitriles is 1. The second kappa shape index (κ2) is 9.57. The highest BCUT2D eigenvalue weighted by Crippen LogP contribution is 2.20. The lowest BCUT2D eigenvalue weighted by Gasteiger charge is -2.34. The molecule has 0 saturated carbocycles. The Morgan fingerprint density at radius 3 is 2.55 bits per heavy atom. The lowest BCUT2D eigenvalue weighted by Crippen LogP contribution is -2.47. The summed E-state index contributed by atoms with van der Waals surface area (Å²) >= 11 is 0. The van der Waals surface area contributed by atoms with Crippen LogP contribution >= 0.6 is 0 Å². The summed E-state index contributed by atoms with van der Waals surface area (Å²) in [7, 11) is -3.43. The molecule has 1 aliphatic rings. The molecule has 1 N–H and O–H groups in total. The first-order valence-corrected chi connectivity index (χ1v) is 11.5. The molecule has 0 aromatic heterocycles. The molecule has 1 fully saturated rings. The van der Waals surface area contributed by atoms with Gasteiger partial charge in [0.1, 0.15) is 0 Å². The topological polar surface area (TPSA) is 90.3 Å². The number of carbonyl (C=O) groups excluding carboxylic acids is 1. The Hall–Kier alpha value is -2.85. The van der Waals surface area contributed by atoms with Crippen LogP contribution in [-0.2, 0) is 9.84 Å². The Bertz CT molecular complexity index is 967. The van der Waals surface area contributed by atoms with Gasteiger partial charge in [-0.25, -0.2) is 8.42 Å². The van der Waals surface area contributed by atoms with Gasteiger partial charge in [-0.3, -0.25) is 4.79 Å². The van der Waals surface area contributed by atoms with Crippen LogP contribution in [0, 0.1) is 11.3 Å². The van der Waals surface area contributed by atoms with E-state index >= 15 is 0 Å². The van der Waals surface area contributed by atoms with E-state index in [1.807, 2.05) is 24.3 Å². The van der Waals surface area contributed by atoms with Crippen LogP contribution < -0.4 is 10.2 Å². The number of nitrogens with one attached hydrogen (secondary N) is 1. The molecule has 0 aliphatic carbocycles. The van der Waals surface area contributed by atoms with Crippen LogP contribution in [0.25, 0.3) is 0 Å². The molecule has 6 nitrogen and oxygen atoms in total. The molecule has 1 atom stereocenters. The van der Waals surface area contributed by atoms with Gasteiger partial charge in [-0.15, -0.1) is 0 Å². The van der Waals surface area contributed by atoms with Crippen molar-refractivity contribution in [2.75, 3.05) is 23.7 Å². The molecule has 0 bridgehead atoms. The minimum Gasteiger partial charge on any atom is -0.369 e. The number of benzene rings is 2. The van der Waals surface area contributed by atoms with E-state index in [1.54, 1.807) is 12.1 Å². The van der Waals surface area contributed by atoms with Crippen LogP contribution in [-0.4, -0.2) is 39.2 Å². The van der Waals surface area contributed by atoms with Gasteiger partial charge in [0, 0.05) is 36.8 Å². The second-order valence-electron chi connectivity index (χ2n) is 7.20. The van der Waals surface area contributed by atoms with Crippen LogP contribution in [0.15, 0.2) is 59.5 Å². The van der Waals surface area contributed by atoms with Crippen LogP contribution in [0.3, 0.4) is 0 Å². The normalized spacial score (nSPS) is 16.8. The van der Waals surface area contributed by atoms with E-state index in [0.717, 1.165) is 31.6 Å². The Balaban J connectivity index is 1.60. The predicted octanol–water partition coefficient (Wildman–Crippen LogP) is 3.16. The van der Waals surface area contributed by atoms with E-state index in [9.17, 15) is 13.2 Å². The zero-order valence-electron chi connectivity index (χ0n) is 16.3. The summed E-state index contributed by atoms with van der Waals surface area (Å²) in [5.41, 5.74) is 1.59. The first-order chi connectivity index (χ1) is 14.0. The minimum absolute atomic E-state index is 0.0471. The van der Waals surface area contributed by atoms with Crippen molar-refractivity contribution >= 4 is 21.4 Å². The molecule has 1 saturated heterocycles. The zero-order chi connectivity index (χ0) is 20.7. The number of anilines is 1. The van der Waals surface area contributed by atoms with Crippen LogP contribution in [0.2, 0.25) is 0 Å². The fourth-order valence-electron chi connectivity index (χ4n) is 3.51. The quantitative estimate of drug-likeness (QED) is 0.707. The van der Waals surface area contributed by atoms with Crippen molar-refractivity contribution in [3.05, 3.63) is 60.2 Å². The van der Waals surface area contributed by atoms with Crippen molar-refractivity contribution < 1.29 is 13.2 Å². The first kappa shape index (κ1) is 20.9. The maximum atomic E-state index is 12.6. The number of amides is 1. The van der Waals surface area contributed by atoms with Gasteiger partial charge in [-0.1, -0.05) is 18.2 Å². The number of unbranched alkanes of at least 4 members (excludes halogenated alkanes) is 1. The number of rotatable bonds is 7. The van der Waals surface area contributed by atoms with Crippen LogP contribution in [0.4, 0.5) is 5.69 Å². The van der Waals surface area contributed by atoms with Crippen molar-refractivity contribution in [2.24, 2.45) is 0 Å². The third kappa shape index (κ3) is 5.58. The summed E-state index contributed by atoms with van der Waals surface area (Å²) in [6.45, 7) is 1.72. The molecule has 1 amide bonds. The van der Waals surface area contributed by atoms with Crippen molar-refractivity contribution in [2.45, 2.75) is 36.6 Å². The van der Waals surface area contributed by atoms with Gasteiger partial charge in [-0.05, 0) is 55.7 Å². The SMILES string of the molecule is N#CCCCS(=O)(=O)c1ccc(C(=O)NC2CCCN(c3ccccc3)C2)cc1. The molecule has 3 rings (SSSR count). The molecular formula is C22H25N3O3S. The predicted molar refractivity (Wildman–Crippen MR) is 112 cm³/mol. The molecule has 2 aromatic carbocycles. The van der Waals surface area contributed by atoms with Gasteiger partial charge in [-0.2, -0.15) is 5.26 Å². The summed E-state index contributed by atoms with van der Waals surface area (Å²) in [6.07, 6.45) is 2.43. The monoisotopic (exact) mass is 411 g/mol. The molecule has 1 heterocycles. The van der Waals surface area contributed by atoms with Gasteiger partial charge < -0.3 is 10.2 Å². The maximum Gasteiger partial charge on any atom is 0.251 e. The second-order valence-corrected chi connectivity index (χ2v) is 9.31. The highest BCUT2D eigenvalue weighted by atomic mass is 32.2. The summed E-state index contributed by atoms with van der Waals surface area (Å²) in [6, 6.07) is 18.2. The number of hydrogen-bond donors (Lipinski definition) is 1. The molecule has 0 radical (unpaired) electrons. The number of nitrogens with zero attached hydrogens (tertiary/aromatic N) is 2. The molecule has 1 aliphatic heterocycles. The van der Waals surface area contributed by atoms with E-state index in [4.69, 9.17) is 5.26 Å². The van der Waals surface area contributed by atoms with E-state index in [-0.39, 0.29) is 29.0 Å². The summed E-state index contributed by atoms with van der Waals surface area (Å²) in [4.78, 5) is 15.1. The molecule has 1 unspecified atom stereocenters. The first-order valence-electron chi connectivity index (χ1n) is 9.80. The smallest absolute Gasteiger partial charge is 0.251 e. The molecule has 152 valence electrons. The van der Waals surface area contributed by atoms with E-state index in [1.165, 1.54) is 12.1 Å². The fraction of sp³-hybridized carbons (Fsp3) is 0.364. The number of hydrogen-bond acceptors (Lipinski definition) is 5. The van der Waals surface area contributed by atoms with Crippen LogP contribution in [0.1, 0.15) is 36.0 Å². The molecule has 2 aromatic rings. The molecule has 7 heteroatoms. The summed E-state index contributed by atoms with van der Waals surface area (Å²) < 4.78 is 24.5.